The molecule has 1 aromatic carbocycles. The molecule has 0 amide bonds. The standard InChI is InChI=1S/C18H20F3N3O6S/c1-10-2-4-11(5-3-10)31(27,28)30-9-13-17(26)16(25)12(8-29-13)23-15-7-22-6-14(24-15)18(19,20)21/h2-7,12-13,16-17,25-26H,8-9H2,1H3,(H,23,24)/t12-,13+,16+,17-/m0/s1. The van der Waals surface area contributed by atoms with Crippen molar-refractivity contribution >= 4 is 15.9 Å². The zero-order chi connectivity index (χ0) is 22.8. The van der Waals surface area contributed by atoms with E-state index >= 15 is 0 Å². The summed E-state index contributed by atoms with van der Waals surface area (Å²) < 4.78 is 73.1. The number of benzene rings is 1. The second-order valence-electron chi connectivity index (χ2n) is 6.94. The second-order valence-corrected chi connectivity index (χ2v) is 8.56. The minimum Gasteiger partial charge on any atom is -0.388 e. The average molecular weight is 463 g/mol. The van der Waals surface area contributed by atoms with Gasteiger partial charge in [0, 0.05) is 0 Å². The first-order valence-electron chi connectivity index (χ1n) is 9.07. The Morgan fingerprint density at radius 1 is 1.19 bits per heavy atom. The molecule has 0 spiro atoms. The maximum absolute atomic E-state index is 12.8. The molecule has 1 aliphatic rings. The summed E-state index contributed by atoms with van der Waals surface area (Å²) in [6.45, 7) is 0.972. The lowest BCUT2D eigenvalue weighted by molar-refractivity contribution is -0.149. The van der Waals surface area contributed by atoms with Gasteiger partial charge in [-0.05, 0) is 19.1 Å². The predicted molar refractivity (Wildman–Crippen MR) is 101 cm³/mol. The highest BCUT2D eigenvalue weighted by Gasteiger charge is 2.40. The largest absolute Gasteiger partial charge is 0.434 e. The number of nitrogens with zero attached hydrogens (tertiary/aromatic N) is 2. The van der Waals surface area contributed by atoms with Crippen LogP contribution in [0.1, 0.15) is 11.3 Å². The van der Waals surface area contributed by atoms with Crippen LogP contribution < -0.4 is 5.32 Å². The van der Waals surface area contributed by atoms with E-state index in [1.807, 2.05) is 0 Å². The molecule has 1 fully saturated rings. The van der Waals surface area contributed by atoms with Crippen LogP contribution in [0.5, 0.6) is 0 Å². The normalized spacial score (nSPS) is 24.7. The molecule has 31 heavy (non-hydrogen) atoms. The van der Waals surface area contributed by atoms with Gasteiger partial charge in [0.1, 0.15) is 24.1 Å². The van der Waals surface area contributed by atoms with Crippen molar-refractivity contribution in [3.63, 3.8) is 0 Å². The molecule has 9 nitrogen and oxygen atoms in total. The van der Waals surface area contributed by atoms with E-state index in [0.717, 1.165) is 11.8 Å². The maximum Gasteiger partial charge on any atom is 0.434 e. The number of rotatable bonds is 6. The summed E-state index contributed by atoms with van der Waals surface area (Å²) in [7, 11) is -4.11. The molecule has 0 unspecified atom stereocenters. The highest BCUT2D eigenvalue weighted by Crippen LogP contribution is 2.28. The molecule has 0 radical (unpaired) electrons. The van der Waals surface area contributed by atoms with Crippen molar-refractivity contribution in [2.24, 2.45) is 0 Å². The van der Waals surface area contributed by atoms with Crippen LogP contribution >= 0.6 is 0 Å². The molecule has 3 rings (SSSR count). The lowest BCUT2D eigenvalue weighted by Crippen LogP contribution is -2.57. The summed E-state index contributed by atoms with van der Waals surface area (Å²) in [6.07, 6.45) is -7.37. The van der Waals surface area contributed by atoms with Gasteiger partial charge in [-0.15, -0.1) is 0 Å². The van der Waals surface area contributed by atoms with E-state index in [4.69, 9.17) is 8.92 Å². The first-order valence-corrected chi connectivity index (χ1v) is 10.5. The number of aliphatic hydroxyl groups excluding tert-OH is 2. The van der Waals surface area contributed by atoms with Crippen molar-refractivity contribution in [2.45, 2.75) is 42.3 Å². The van der Waals surface area contributed by atoms with E-state index in [9.17, 15) is 31.8 Å². The number of ether oxygens (including phenoxy) is 1. The van der Waals surface area contributed by atoms with Gasteiger partial charge in [0.2, 0.25) is 0 Å². The van der Waals surface area contributed by atoms with Crippen molar-refractivity contribution in [3.8, 4) is 0 Å². The fourth-order valence-corrected chi connectivity index (χ4v) is 3.77. The number of halogens is 3. The molecule has 170 valence electrons. The van der Waals surface area contributed by atoms with E-state index in [1.54, 1.807) is 19.1 Å². The van der Waals surface area contributed by atoms with Gasteiger partial charge in [0.25, 0.3) is 10.1 Å². The van der Waals surface area contributed by atoms with Gasteiger partial charge in [0.05, 0.1) is 36.5 Å². The molecule has 0 saturated carbocycles. The highest BCUT2D eigenvalue weighted by molar-refractivity contribution is 7.86. The van der Waals surface area contributed by atoms with Crippen LogP contribution in [0.4, 0.5) is 19.0 Å². The van der Waals surface area contributed by atoms with Crippen molar-refractivity contribution in [1.29, 1.82) is 0 Å². The maximum atomic E-state index is 12.8. The van der Waals surface area contributed by atoms with Crippen LogP contribution in [-0.2, 0) is 25.2 Å². The number of aromatic nitrogens is 2. The van der Waals surface area contributed by atoms with Gasteiger partial charge in [-0.25, -0.2) is 4.98 Å². The summed E-state index contributed by atoms with van der Waals surface area (Å²) >= 11 is 0. The third-order valence-electron chi connectivity index (χ3n) is 4.59. The number of alkyl halides is 3. The first-order chi connectivity index (χ1) is 14.5. The second kappa shape index (κ2) is 9.04. The Morgan fingerprint density at radius 3 is 2.52 bits per heavy atom. The Morgan fingerprint density at radius 2 is 1.87 bits per heavy atom. The fourth-order valence-electron chi connectivity index (χ4n) is 2.85. The Kier molecular flexibility index (Phi) is 6.81. The predicted octanol–water partition coefficient (Wildman–Crippen LogP) is 1.11. The topological polar surface area (TPSA) is 131 Å². The summed E-state index contributed by atoms with van der Waals surface area (Å²) in [5.41, 5.74) is -0.367. The van der Waals surface area contributed by atoms with Gasteiger partial charge in [-0.3, -0.25) is 9.17 Å². The van der Waals surface area contributed by atoms with Gasteiger partial charge < -0.3 is 20.3 Å². The third-order valence-corrected chi connectivity index (χ3v) is 5.88. The SMILES string of the molecule is Cc1ccc(S(=O)(=O)OC[C@H]2OC[C@H](Nc3cncc(C(F)(F)F)n3)[C@@H](O)[C@H]2O)cc1. The Bertz CT molecular complexity index is 1000. The molecule has 1 aliphatic heterocycles. The Labute approximate surface area is 176 Å². The molecule has 0 bridgehead atoms. The molecule has 13 heteroatoms. The first kappa shape index (κ1) is 23.3. The van der Waals surface area contributed by atoms with Crippen LogP contribution in [0.2, 0.25) is 0 Å². The summed E-state index contributed by atoms with van der Waals surface area (Å²) in [4.78, 5) is 6.75. The number of anilines is 1. The lowest BCUT2D eigenvalue weighted by Gasteiger charge is -2.37. The third kappa shape index (κ3) is 5.68. The van der Waals surface area contributed by atoms with Gasteiger partial charge >= 0.3 is 6.18 Å². The van der Waals surface area contributed by atoms with Crippen molar-refractivity contribution in [1.82, 2.24) is 9.97 Å². The van der Waals surface area contributed by atoms with Crippen LogP contribution in [0.15, 0.2) is 41.6 Å². The van der Waals surface area contributed by atoms with Crippen molar-refractivity contribution < 1.29 is 40.7 Å². The number of aliphatic hydroxyl groups is 2. The van der Waals surface area contributed by atoms with Crippen molar-refractivity contribution in [3.05, 3.63) is 47.9 Å². The minimum absolute atomic E-state index is 0.0772. The monoisotopic (exact) mass is 463 g/mol. The van der Waals surface area contributed by atoms with Crippen molar-refractivity contribution in [2.75, 3.05) is 18.5 Å². The van der Waals surface area contributed by atoms with Gasteiger partial charge in [-0.1, -0.05) is 17.7 Å². The Hall–Kier alpha value is -2.32. The average Bonchev–Trinajstić information content (AvgIpc) is 2.71. The zero-order valence-electron chi connectivity index (χ0n) is 16.2. The molecule has 2 heterocycles. The quantitative estimate of drug-likeness (QED) is 0.539. The molecule has 1 saturated heterocycles. The molecule has 4 atom stereocenters. The molecule has 1 aromatic heterocycles. The summed E-state index contributed by atoms with van der Waals surface area (Å²) in [5, 5.41) is 23.1. The molecular formula is C18H20F3N3O6S. The Balaban J connectivity index is 1.60. The molecule has 0 aliphatic carbocycles. The van der Waals surface area contributed by atoms with Crippen LogP contribution in [-0.4, -0.2) is 66.2 Å². The highest BCUT2D eigenvalue weighted by atomic mass is 32.2. The number of hydrogen-bond donors (Lipinski definition) is 3. The molecule has 3 N–H and O–H groups in total. The number of hydrogen-bond acceptors (Lipinski definition) is 9. The fraction of sp³-hybridized carbons (Fsp3) is 0.444. The smallest absolute Gasteiger partial charge is 0.388 e. The van der Waals surface area contributed by atoms with E-state index in [0.29, 0.717) is 6.20 Å². The van der Waals surface area contributed by atoms with Crippen LogP contribution in [0.25, 0.3) is 0 Å². The summed E-state index contributed by atoms with van der Waals surface area (Å²) in [6, 6.07) is 4.91. The minimum atomic E-state index is -4.70. The van der Waals surface area contributed by atoms with E-state index < -0.39 is 52.9 Å². The zero-order valence-corrected chi connectivity index (χ0v) is 17.0. The number of nitrogens with one attached hydrogen (secondary N) is 1. The molecule has 2 aromatic rings. The van der Waals surface area contributed by atoms with Gasteiger partial charge in [0.15, 0.2) is 5.69 Å². The van der Waals surface area contributed by atoms with E-state index in [2.05, 4.69) is 15.3 Å². The number of aryl methyl sites for hydroxylation is 1. The molecular weight excluding hydrogens is 443 g/mol. The van der Waals surface area contributed by atoms with E-state index in [-0.39, 0.29) is 17.3 Å². The van der Waals surface area contributed by atoms with E-state index in [1.165, 1.54) is 12.1 Å². The lowest BCUT2D eigenvalue weighted by atomic mass is 9.98. The van der Waals surface area contributed by atoms with Gasteiger partial charge in [-0.2, -0.15) is 21.6 Å². The van der Waals surface area contributed by atoms with Crippen LogP contribution in [0, 0.1) is 6.92 Å². The van der Waals surface area contributed by atoms with Crippen LogP contribution in [0.3, 0.4) is 0 Å². The summed E-state index contributed by atoms with van der Waals surface area (Å²) in [5.74, 6) is -0.272.